The van der Waals surface area contributed by atoms with Crippen molar-refractivity contribution in [1.82, 2.24) is 0 Å². The molecule has 4 aliphatic rings. The van der Waals surface area contributed by atoms with E-state index < -0.39 is 0 Å². The Morgan fingerprint density at radius 2 is 1.09 bits per heavy atom. The maximum absolute atomic E-state index is 6.08. The lowest BCUT2D eigenvalue weighted by atomic mass is 10.0. The fourth-order valence-corrected chi connectivity index (χ4v) is 3.73. The highest BCUT2D eigenvalue weighted by Gasteiger charge is 2.43. The summed E-state index contributed by atoms with van der Waals surface area (Å²) in [5, 5.41) is 0. The zero-order chi connectivity index (χ0) is 14.8. The molecule has 4 saturated heterocycles. The van der Waals surface area contributed by atoms with Crippen molar-refractivity contribution in [3.8, 4) is 0 Å². The van der Waals surface area contributed by atoms with Crippen LogP contribution in [0, 0.1) is 11.8 Å². The second kappa shape index (κ2) is 7.11. The van der Waals surface area contributed by atoms with Gasteiger partial charge in [-0.05, 0) is 25.7 Å². The molecule has 126 valence electrons. The van der Waals surface area contributed by atoms with Gasteiger partial charge in [-0.15, -0.1) is 0 Å². The van der Waals surface area contributed by atoms with Gasteiger partial charge in [-0.1, -0.05) is 0 Å². The van der Waals surface area contributed by atoms with Crippen LogP contribution in [-0.4, -0.2) is 64.4 Å². The van der Waals surface area contributed by atoms with Crippen molar-refractivity contribution < 1.29 is 28.4 Å². The lowest BCUT2D eigenvalue weighted by molar-refractivity contribution is -0.158. The zero-order valence-electron chi connectivity index (χ0n) is 13.0. The van der Waals surface area contributed by atoms with Gasteiger partial charge in [-0.2, -0.15) is 0 Å². The van der Waals surface area contributed by atoms with Gasteiger partial charge in [0.1, 0.15) is 12.2 Å². The molecular weight excluding hydrogens is 288 g/mol. The minimum atomic E-state index is -0.147. The van der Waals surface area contributed by atoms with Crippen LogP contribution in [0.2, 0.25) is 0 Å². The lowest BCUT2D eigenvalue weighted by Gasteiger charge is -2.27. The topological polar surface area (TPSA) is 55.4 Å². The number of ether oxygens (including phenoxy) is 6. The molecule has 0 bridgehead atoms. The first-order valence-electron chi connectivity index (χ1n) is 8.60. The maximum atomic E-state index is 6.08. The predicted molar refractivity (Wildman–Crippen MR) is 76.3 cm³/mol. The molecule has 0 amide bonds. The van der Waals surface area contributed by atoms with Crippen LogP contribution in [0.1, 0.15) is 25.7 Å². The molecule has 0 aliphatic carbocycles. The van der Waals surface area contributed by atoms with E-state index in [1.807, 2.05) is 0 Å². The van der Waals surface area contributed by atoms with Crippen LogP contribution in [-0.2, 0) is 28.4 Å². The summed E-state index contributed by atoms with van der Waals surface area (Å²) in [4.78, 5) is 0. The van der Waals surface area contributed by atoms with Crippen LogP contribution in [0.5, 0.6) is 0 Å². The molecule has 0 aromatic rings. The molecule has 4 fully saturated rings. The highest BCUT2D eigenvalue weighted by Crippen LogP contribution is 2.32. The largest absolute Gasteiger partial charge is 0.381 e. The summed E-state index contributed by atoms with van der Waals surface area (Å²) < 4.78 is 34.9. The van der Waals surface area contributed by atoms with E-state index in [1.54, 1.807) is 0 Å². The quantitative estimate of drug-likeness (QED) is 0.783. The normalized spacial score (nSPS) is 46.9. The maximum Gasteiger partial charge on any atom is 0.163 e. The molecule has 4 heterocycles. The lowest BCUT2D eigenvalue weighted by Crippen LogP contribution is -2.35. The fourth-order valence-electron chi connectivity index (χ4n) is 3.73. The zero-order valence-corrected chi connectivity index (χ0v) is 13.0. The molecule has 0 spiro atoms. The summed E-state index contributed by atoms with van der Waals surface area (Å²) in [5.74, 6) is 0.701. The van der Waals surface area contributed by atoms with Gasteiger partial charge in [0.15, 0.2) is 12.6 Å². The minimum absolute atomic E-state index is 0.0264. The average molecular weight is 314 g/mol. The predicted octanol–water partition coefficient (Wildman–Crippen LogP) is 1.32. The Bertz CT molecular complexity index is 319. The van der Waals surface area contributed by atoms with E-state index in [2.05, 4.69) is 0 Å². The van der Waals surface area contributed by atoms with Gasteiger partial charge in [0, 0.05) is 25.0 Å². The van der Waals surface area contributed by atoms with E-state index in [9.17, 15) is 0 Å². The first-order chi connectivity index (χ1) is 10.9. The van der Waals surface area contributed by atoms with Crippen LogP contribution >= 0.6 is 0 Å². The van der Waals surface area contributed by atoms with Crippen molar-refractivity contribution >= 4 is 0 Å². The molecule has 6 atom stereocenters. The fraction of sp³-hybridized carbons (Fsp3) is 1.00. The first-order valence-corrected chi connectivity index (χ1v) is 8.60. The molecule has 0 radical (unpaired) electrons. The van der Waals surface area contributed by atoms with Gasteiger partial charge in [0.05, 0.1) is 26.4 Å². The molecule has 0 N–H and O–H groups in total. The molecule has 22 heavy (non-hydrogen) atoms. The van der Waals surface area contributed by atoms with E-state index >= 15 is 0 Å². The summed E-state index contributed by atoms with van der Waals surface area (Å²) in [6, 6.07) is 0. The second-order valence-corrected chi connectivity index (χ2v) is 6.71. The smallest absolute Gasteiger partial charge is 0.163 e. The molecule has 4 aliphatic heterocycles. The SMILES string of the molecule is C1COCC(C2OCC(C3COC(C4CCCOC4)O3)O2)C1. The monoisotopic (exact) mass is 314 g/mol. The summed E-state index contributed by atoms with van der Waals surface area (Å²) in [6.45, 7) is 4.36. The Labute approximate surface area is 131 Å². The Morgan fingerprint density at radius 3 is 1.50 bits per heavy atom. The van der Waals surface area contributed by atoms with E-state index in [4.69, 9.17) is 28.4 Å². The second-order valence-electron chi connectivity index (χ2n) is 6.71. The molecule has 6 nitrogen and oxygen atoms in total. The van der Waals surface area contributed by atoms with Crippen LogP contribution in [0.25, 0.3) is 0 Å². The van der Waals surface area contributed by atoms with Crippen molar-refractivity contribution in [2.75, 3.05) is 39.6 Å². The van der Waals surface area contributed by atoms with Crippen LogP contribution < -0.4 is 0 Å². The van der Waals surface area contributed by atoms with Gasteiger partial charge in [0.25, 0.3) is 0 Å². The third kappa shape index (κ3) is 3.32. The van der Waals surface area contributed by atoms with Crippen LogP contribution in [0.3, 0.4) is 0 Å². The van der Waals surface area contributed by atoms with Gasteiger partial charge in [0.2, 0.25) is 0 Å². The number of hydrogen-bond donors (Lipinski definition) is 0. The van der Waals surface area contributed by atoms with Gasteiger partial charge in [-0.3, -0.25) is 0 Å². The standard InChI is InChI=1S/C16H26O6/c1-3-11(7-17-5-1)15-19-9-13(21-15)14-10-20-16(22-14)12-4-2-6-18-8-12/h11-16H,1-10H2. The van der Waals surface area contributed by atoms with E-state index in [-0.39, 0.29) is 24.8 Å². The summed E-state index contributed by atoms with van der Waals surface area (Å²) in [6.07, 6.45) is 4.05. The van der Waals surface area contributed by atoms with Gasteiger partial charge < -0.3 is 28.4 Å². The van der Waals surface area contributed by atoms with E-state index in [1.165, 1.54) is 0 Å². The number of hydrogen-bond acceptors (Lipinski definition) is 6. The van der Waals surface area contributed by atoms with Crippen molar-refractivity contribution in [3.63, 3.8) is 0 Å². The Hall–Kier alpha value is -0.240. The highest BCUT2D eigenvalue weighted by molar-refractivity contribution is 4.83. The van der Waals surface area contributed by atoms with Crippen molar-refractivity contribution in [1.29, 1.82) is 0 Å². The number of rotatable bonds is 3. The Morgan fingerprint density at radius 1 is 0.591 bits per heavy atom. The third-order valence-corrected chi connectivity index (χ3v) is 5.04. The van der Waals surface area contributed by atoms with Crippen molar-refractivity contribution in [2.24, 2.45) is 11.8 Å². The van der Waals surface area contributed by atoms with Crippen LogP contribution in [0.15, 0.2) is 0 Å². The highest BCUT2D eigenvalue weighted by atomic mass is 16.8. The molecule has 6 unspecified atom stereocenters. The van der Waals surface area contributed by atoms with E-state index in [0.29, 0.717) is 25.0 Å². The Balaban J connectivity index is 1.26. The van der Waals surface area contributed by atoms with Crippen LogP contribution in [0.4, 0.5) is 0 Å². The molecule has 0 aromatic heterocycles. The third-order valence-electron chi connectivity index (χ3n) is 5.04. The molecule has 0 aromatic carbocycles. The van der Waals surface area contributed by atoms with E-state index in [0.717, 1.165) is 52.1 Å². The minimum Gasteiger partial charge on any atom is -0.381 e. The van der Waals surface area contributed by atoms with Crippen molar-refractivity contribution in [3.05, 3.63) is 0 Å². The average Bonchev–Trinajstić information content (AvgIpc) is 3.26. The summed E-state index contributed by atoms with van der Waals surface area (Å²) >= 11 is 0. The van der Waals surface area contributed by atoms with Gasteiger partial charge in [-0.25, -0.2) is 0 Å². The summed E-state index contributed by atoms with van der Waals surface area (Å²) in [7, 11) is 0. The molecule has 0 saturated carbocycles. The molecule has 6 heteroatoms. The molecular formula is C16H26O6. The summed E-state index contributed by atoms with van der Waals surface area (Å²) in [5.41, 5.74) is 0. The van der Waals surface area contributed by atoms with Crippen molar-refractivity contribution in [2.45, 2.75) is 50.5 Å². The first kappa shape index (κ1) is 15.3. The Kier molecular flexibility index (Phi) is 4.95. The van der Waals surface area contributed by atoms with Gasteiger partial charge >= 0.3 is 0 Å². The molecule has 4 rings (SSSR count).